The molecule has 2 heterocycles. The monoisotopic (exact) mass is 531 g/mol. The van der Waals surface area contributed by atoms with E-state index in [1.807, 2.05) is 18.2 Å². The standard InChI is InChI=1S/C30H29NO8/c1-6-23(31-28(34)39-29(2,3)4)27(33)36-18-12-14-22-25(16-18)37-24-15-17(35-5)11-13-21(24)30(22)20-10-8-7-9-19(20)26(32)38-30/h7-16,23H,6H2,1-5H3,(H,31,34)/t23-,30?/m0/s1. The van der Waals surface area contributed by atoms with Crippen LogP contribution in [0.2, 0.25) is 0 Å². The topological polar surface area (TPSA) is 109 Å². The third kappa shape index (κ3) is 4.65. The van der Waals surface area contributed by atoms with Gasteiger partial charge in [-0.25, -0.2) is 14.4 Å². The molecule has 9 heteroatoms. The Morgan fingerprint density at radius 3 is 2.23 bits per heavy atom. The van der Waals surface area contributed by atoms with Gasteiger partial charge in [0.1, 0.15) is 34.6 Å². The number of fused-ring (bicyclic) bond motifs is 6. The Morgan fingerprint density at radius 1 is 0.949 bits per heavy atom. The molecular formula is C30H29NO8. The highest BCUT2D eigenvalue weighted by atomic mass is 16.6. The van der Waals surface area contributed by atoms with Gasteiger partial charge in [-0.1, -0.05) is 25.1 Å². The van der Waals surface area contributed by atoms with E-state index >= 15 is 0 Å². The van der Waals surface area contributed by atoms with Gasteiger partial charge in [0.05, 0.1) is 12.7 Å². The number of benzene rings is 3. The molecule has 0 aromatic heterocycles. The van der Waals surface area contributed by atoms with Gasteiger partial charge in [-0.15, -0.1) is 0 Å². The van der Waals surface area contributed by atoms with Crippen LogP contribution in [0.15, 0.2) is 60.7 Å². The van der Waals surface area contributed by atoms with Crippen molar-refractivity contribution in [2.75, 3.05) is 7.11 Å². The molecule has 2 atom stereocenters. The molecule has 0 saturated heterocycles. The molecule has 1 unspecified atom stereocenters. The minimum atomic E-state index is -1.25. The number of methoxy groups -OCH3 is 1. The maximum absolute atomic E-state index is 13.0. The Bertz CT molecular complexity index is 1470. The lowest BCUT2D eigenvalue weighted by molar-refractivity contribution is -0.136. The average molecular weight is 532 g/mol. The molecule has 0 bridgehead atoms. The predicted octanol–water partition coefficient (Wildman–Crippen LogP) is 5.47. The molecule has 0 radical (unpaired) electrons. The first-order valence-electron chi connectivity index (χ1n) is 12.6. The fourth-order valence-electron chi connectivity index (χ4n) is 4.79. The molecule has 3 aromatic rings. The molecule has 3 aromatic carbocycles. The Balaban J connectivity index is 1.50. The Morgan fingerprint density at radius 2 is 1.59 bits per heavy atom. The number of hydrogen-bond acceptors (Lipinski definition) is 8. The summed E-state index contributed by atoms with van der Waals surface area (Å²) in [7, 11) is 1.55. The van der Waals surface area contributed by atoms with E-state index in [0.29, 0.717) is 45.9 Å². The molecule has 1 N–H and O–H groups in total. The largest absolute Gasteiger partial charge is 0.497 e. The minimum absolute atomic E-state index is 0.197. The SMILES string of the molecule is CC[C@H](NC(=O)OC(C)(C)C)C(=O)Oc1ccc2c(c1)Oc1cc(OC)ccc1C21OC(=O)c2ccccc21. The van der Waals surface area contributed by atoms with E-state index in [9.17, 15) is 14.4 Å². The zero-order valence-corrected chi connectivity index (χ0v) is 22.3. The first-order chi connectivity index (χ1) is 18.6. The van der Waals surface area contributed by atoms with Crippen molar-refractivity contribution in [1.82, 2.24) is 5.32 Å². The zero-order valence-electron chi connectivity index (χ0n) is 22.3. The lowest BCUT2D eigenvalue weighted by atomic mass is 9.77. The van der Waals surface area contributed by atoms with Crippen LogP contribution in [0.3, 0.4) is 0 Å². The summed E-state index contributed by atoms with van der Waals surface area (Å²) in [5.41, 5.74) is 0.406. The Hall–Kier alpha value is -4.53. The number of nitrogens with one attached hydrogen (secondary N) is 1. The second-order valence-corrected chi connectivity index (χ2v) is 10.3. The number of alkyl carbamates (subject to hydrolysis) is 1. The van der Waals surface area contributed by atoms with E-state index in [2.05, 4.69) is 5.32 Å². The van der Waals surface area contributed by atoms with Gasteiger partial charge in [0, 0.05) is 28.8 Å². The maximum atomic E-state index is 13.0. The number of carbonyl (C=O) groups is 3. The molecule has 0 aliphatic carbocycles. The Labute approximate surface area is 226 Å². The van der Waals surface area contributed by atoms with E-state index in [1.54, 1.807) is 77.3 Å². The smallest absolute Gasteiger partial charge is 0.408 e. The summed E-state index contributed by atoms with van der Waals surface area (Å²) in [4.78, 5) is 38.1. The molecule has 2 aliphatic heterocycles. The normalized spacial score (nSPS) is 17.6. The molecule has 5 rings (SSSR count). The molecule has 39 heavy (non-hydrogen) atoms. The first-order valence-corrected chi connectivity index (χ1v) is 12.6. The van der Waals surface area contributed by atoms with Gasteiger partial charge in [-0.3, -0.25) is 0 Å². The van der Waals surface area contributed by atoms with E-state index in [1.165, 1.54) is 0 Å². The van der Waals surface area contributed by atoms with E-state index < -0.39 is 35.3 Å². The van der Waals surface area contributed by atoms with Crippen molar-refractivity contribution in [3.8, 4) is 23.0 Å². The van der Waals surface area contributed by atoms with Crippen molar-refractivity contribution in [3.05, 3.63) is 82.9 Å². The van der Waals surface area contributed by atoms with Gasteiger partial charge >= 0.3 is 18.0 Å². The van der Waals surface area contributed by atoms with Gasteiger partial charge < -0.3 is 29.0 Å². The lowest BCUT2D eigenvalue weighted by Gasteiger charge is -2.36. The third-order valence-electron chi connectivity index (χ3n) is 6.49. The molecule has 1 spiro atoms. The number of rotatable bonds is 5. The van der Waals surface area contributed by atoms with Crippen LogP contribution in [0, 0.1) is 0 Å². The van der Waals surface area contributed by atoms with Crippen LogP contribution in [0.4, 0.5) is 4.79 Å². The number of esters is 2. The summed E-state index contributed by atoms with van der Waals surface area (Å²) >= 11 is 0. The van der Waals surface area contributed by atoms with Gasteiger partial charge in [0.25, 0.3) is 0 Å². The summed E-state index contributed by atoms with van der Waals surface area (Å²) in [5, 5.41) is 2.55. The second kappa shape index (κ2) is 9.65. The number of carbonyl (C=O) groups excluding carboxylic acids is 3. The fraction of sp³-hybridized carbons (Fsp3) is 0.300. The van der Waals surface area contributed by atoms with Crippen molar-refractivity contribution in [2.24, 2.45) is 0 Å². The summed E-state index contributed by atoms with van der Waals surface area (Å²) in [5.74, 6) is 0.434. The minimum Gasteiger partial charge on any atom is -0.497 e. The van der Waals surface area contributed by atoms with Crippen LogP contribution in [0.25, 0.3) is 0 Å². The van der Waals surface area contributed by atoms with Crippen LogP contribution < -0.4 is 19.5 Å². The summed E-state index contributed by atoms with van der Waals surface area (Å²) in [6.07, 6.45) is -0.419. The van der Waals surface area contributed by atoms with Crippen molar-refractivity contribution in [2.45, 2.75) is 51.4 Å². The summed E-state index contributed by atoms with van der Waals surface area (Å²) < 4.78 is 28.6. The van der Waals surface area contributed by atoms with Gasteiger partial charge in [0.15, 0.2) is 5.60 Å². The van der Waals surface area contributed by atoms with Crippen molar-refractivity contribution in [1.29, 1.82) is 0 Å². The Kier molecular flexibility index (Phi) is 6.46. The predicted molar refractivity (Wildman–Crippen MR) is 140 cm³/mol. The van der Waals surface area contributed by atoms with Crippen LogP contribution in [-0.4, -0.2) is 36.8 Å². The van der Waals surface area contributed by atoms with Gasteiger partial charge in [-0.05, 0) is 57.5 Å². The number of amides is 1. The lowest BCUT2D eigenvalue weighted by Crippen LogP contribution is -2.44. The molecule has 1 amide bonds. The van der Waals surface area contributed by atoms with Crippen LogP contribution in [0.5, 0.6) is 23.0 Å². The molecule has 9 nitrogen and oxygen atoms in total. The quantitative estimate of drug-likeness (QED) is 0.341. The highest BCUT2D eigenvalue weighted by Crippen LogP contribution is 2.57. The van der Waals surface area contributed by atoms with Crippen LogP contribution in [0.1, 0.15) is 61.2 Å². The highest BCUT2D eigenvalue weighted by molar-refractivity contribution is 5.97. The maximum Gasteiger partial charge on any atom is 0.408 e. The first kappa shape index (κ1) is 26.1. The fourth-order valence-corrected chi connectivity index (χ4v) is 4.79. The van der Waals surface area contributed by atoms with E-state index in [4.69, 9.17) is 23.7 Å². The van der Waals surface area contributed by atoms with Gasteiger partial charge in [-0.2, -0.15) is 0 Å². The molecule has 0 fully saturated rings. The third-order valence-corrected chi connectivity index (χ3v) is 6.49. The van der Waals surface area contributed by atoms with E-state index in [0.717, 1.165) is 0 Å². The molecular weight excluding hydrogens is 502 g/mol. The van der Waals surface area contributed by atoms with Crippen molar-refractivity contribution >= 4 is 18.0 Å². The van der Waals surface area contributed by atoms with Crippen molar-refractivity contribution in [3.63, 3.8) is 0 Å². The van der Waals surface area contributed by atoms with Gasteiger partial charge in [0.2, 0.25) is 0 Å². The molecule has 202 valence electrons. The van der Waals surface area contributed by atoms with Crippen molar-refractivity contribution < 1.29 is 38.1 Å². The highest BCUT2D eigenvalue weighted by Gasteiger charge is 2.53. The summed E-state index contributed by atoms with van der Waals surface area (Å²) in [6, 6.07) is 16.5. The number of hydrogen-bond donors (Lipinski definition) is 1. The van der Waals surface area contributed by atoms with Crippen LogP contribution >= 0.6 is 0 Å². The second-order valence-electron chi connectivity index (χ2n) is 10.3. The molecule has 0 saturated carbocycles. The van der Waals surface area contributed by atoms with Crippen LogP contribution in [-0.2, 0) is 19.9 Å². The average Bonchev–Trinajstić information content (AvgIpc) is 3.18. The number of ether oxygens (including phenoxy) is 5. The van der Waals surface area contributed by atoms with E-state index in [-0.39, 0.29) is 5.75 Å². The molecule has 2 aliphatic rings. The summed E-state index contributed by atoms with van der Waals surface area (Å²) in [6.45, 7) is 6.96. The zero-order chi connectivity index (χ0) is 27.9.